The van der Waals surface area contributed by atoms with Crippen molar-refractivity contribution in [3.8, 4) is 0 Å². The van der Waals surface area contributed by atoms with Crippen LogP contribution in [-0.4, -0.2) is 36.0 Å². The second-order valence-electron chi connectivity index (χ2n) is 3.63. The van der Waals surface area contributed by atoms with Gasteiger partial charge in [0.15, 0.2) is 0 Å². The molecule has 0 amide bonds. The average molecular weight is 255 g/mol. The van der Waals surface area contributed by atoms with Gasteiger partial charge in [-0.05, 0) is 12.8 Å². The highest BCUT2D eigenvalue weighted by Crippen LogP contribution is 2.25. The molecule has 1 N–H and O–H groups in total. The second kappa shape index (κ2) is 8.31. The van der Waals surface area contributed by atoms with Crippen molar-refractivity contribution < 1.29 is 4.74 Å². The van der Waals surface area contributed by atoms with Crippen molar-refractivity contribution in [1.29, 1.82) is 0 Å². The molecule has 0 fully saturated rings. The van der Waals surface area contributed by atoms with Crippen LogP contribution in [0, 0.1) is 0 Å². The van der Waals surface area contributed by atoms with E-state index in [9.17, 15) is 0 Å². The van der Waals surface area contributed by atoms with Crippen molar-refractivity contribution in [2.24, 2.45) is 0 Å². The summed E-state index contributed by atoms with van der Waals surface area (Å²) >= 11 is 1.73. The molecule has 0 aliphatic carbocycles. The monoisotopic (exact) mass is 255 g/mol. The molecule has 0 atom stereocenters. The van der Waals surface area contributed by atoms with E-state index in [1.165, 1.54) is 5.56 Å². The highest BCUT2D eigenvalue weighted by Gasteiger charge is 2.09. The molecule has 4 nitrogen and oxygen atoms in total. The number of rotatable bonds is 8. The molecule has 0 bridgehead atoms. The van der Waals surface area contributed by atoms with Gasteiger partial charge in [0, 0.05) is 25.0 Å². The van der Waals surface area contributed by atoms with E-state index < -0.39 is 0 Å². The Balaban J connectivity index is 2.74. The fourth-order valence-electron chi connectivity index (χ4n) is 1.46. The summed E-state index contributed by atoms with van der Waals surface area (Å²) in [6, 6.07) is 0. The molecule has 0 aliphatic heterocycles. The van der Waals surface area contributed by atoms with E-state index >= 15 is 0 Å². The summed E-state index contributed by atoms with van der Waals surface area (Å²) in [5.74, 6) is 1.90. The van der Waals surface area contributed by atoms with Gasteiger partial charge in [0.1, 0.15) is 17.2 Å². The molecule has 0 aliphatic rings. The highest BCUT2D eigenvalue weighted by atomic mass is 32.2. The normalized spacial score (nSPS) is 10.5. The van der Waals surface area contributed by atoms with Gasteiger partial charge in [-0.15, -0.1) is 11.8 Å². The third-order valence-corrected chi connectivity index (χ3v) is 3.32. The summed E-state index contributed by atoms with van der Waals surface area (Å²) in [7, 11) is 1.72. The van der Waals surface area contributed by atoms with Crippen molar-refractivity contribution >= 4 is 17.6 Å². The largest absolute Gasteiger partial charge is 0.384 e. The van der Waals surface area contributed by atoms with Gasteiger partial charge in [0.05, 0.1) is 6.61 Å². The molecule has 1 rings (SSSR count). The number of nitrogens with zero attached hydrogens (tertiary/aromatic N) is 2. The van der Waals surface area contributed by atoms with Crippen LogP contribution in [0.1, 0.15) is 25.8 Å². The molecular formula is C12H21N3OS. The van der Waals surface area contributed by atoms with Crippen LogP contribution in [0.25, 0.3) is 0 Å². The summed E-state index contributed by atoms with van der Waals surface area (Å²) < 4.78 is 5.05. The van der Waals surface area contributed by atoms with E-state index in [0.29, 0.717) is 0 Å². The lowest BCUT2D eigenvalue weighted by molar-refractivity contribution is 0.218. The molecular weight excluding hydrogens is 234 g/mol. The van der Waals surface area contributed by atoms with Crippen molar-refractivity contribution in [3.05, 3.63) is 11.9 Å². The number of thioether (sulfide) groups is 1. The van der Waals surface area contributed by atoms with Crippen molar-refractivity contribution in [3.63, 3.8) is 0 Å². The van der Waals surface area contributed by atoms with Gasteiger partial charge in [-0.1, -0.05) is 13.8 Å². The molecule has 0 spiro atoms. The first kappa shape index (κ1) is 14.3. The quantitative estimate of drug-likeness (QED) is 0.439. The van der Waals surface area contributed by atoms with Gasteiger partial charge in [-0.3, -0.25) is 0 Å². The SMILES string of the molecule is CCCNc1ncnc(SCCOC)c1CC. The minimum atomic E-state index is 0.746. The molecule has 1 heterocycles. The zero-order valence-corrected chi connectivity index (χ0v) is 11.6. The lowest BCUT2D eigenvalue weighted by Crippen LogP contribution is -2.07. The number of nitrogens with one attached hydrogen (secondary N) is 1. The summed E-state index contributed by atoms with van der Waals surface area (Å²) in [4.78, 5) is 8.66. The Labute approximate surface area is 108 Å². The molecule has 17 heavy (non-hydrogen) atoms. The Morgan fingerprint density at radius 1 is 1.35 bits per heavy atom. The Hall–Kier alpha value is -0.810. The van der Waals surface area contributed by atoms with E-state index in [2.05, 4.69) is 29.1 Å². The first-order chi connectivity index (χ1) is 8.33. The Kier molecular flexibility index (Phi) is 6.96. The fraction of sp³-hybridized carbons (Fsp3) is 0.667. The zero-order valence-electron chi connectivity index (χ0n) is 10.8. The van der Waals surface area contributed by atoms with Crippen molar-refractivity contribution in [1.82, 2.24) is 9.97 Å². The predicted octanol–water partition coefficient (Wildman–Crippen LogP) is 2.60. The average Bonchev–Trinajstić information content (AvgIpc) is 2.36. The van der Waals surface area contributed by atoms with E-state index in [0.717, 1.165) is 42.6 Å². The summed E-state index contributed by atoms with van der Waals surface area (Å²) in [6.07, 6.45) is 3.67. The smallest absolute Gasteiger partial charge is 0.133 e. The van der Waals surface area contributed by atoms with Crippen LogP contribution in [0.5, 0.6) is 0 Å². The maximum Gasteiger partial charge on any atom is 0.133 e. The van der Waals surface area contributed by atoms with Crippen molar-refractivity contribution in [2.75, 3.05) is 31.3 Å². The van der Waals surface area contributed by atoms with Crippen LogP contribution in [0.15, 0.2) is 11.4 Å². The number of aromatic nitrogens is 2. The van der Waals surface area contributed by atoms with Crippen LogP contribution in [-0.2, 0) is 11.2 Å². The zero-order chi connectivity index (χ0) is 12.5. The standard InChI is InChI=1S/C12H21N3OS/c1-4-6-13-11-10(5-2)12(15-9-14-11)17-8-7-16-3/h9H,4-8H2,1-3H3,(H,13,14,15). The summed E-state index contributed by atoms with van der Waals surface area (Å²) in [6.45, 7) is 5.98. The number of methoxy groups -OCH3 is 1. The van der Waals surface area contributed by atoms with Crippen LogP contribution < -0.4 is 5.32 Å². The Morgan fingerprint density at radius 3 is 2.82 bits per heavy atom. The van der Waals surface area contributed by atoms with Crippen molar-refractivity contribution in [2.45, 2.75) is 31.7 Å². The molecule has 1 aromatic heterocycles. The van der Waals surface area contributed by atoms with Gasteiger partial charge >= 0.3 is 0 Å². The fourth-order valence-corrected chi connectivity index (χ4v) is 2.44. The van der Waals surface area contributed by atoms with Crippen LogP contribution in [0.4, 0.5) is 5.82 Å². The number of anilines is 1. The third-order valence-electron chi connectivity index (χ3n) is 2.33. The molecule has 0 aromatic carbocycles. The lowest BCUT2D eigenvalue weighted by atomic mass is 10.2. The first-order valence-corrected chi connectivity index (χ1v) is 7.01. The van der Waals surface area contributed by atoms with E-state index in [1.54, 1.807) is 25.2 Å². The summed E-state index contributed by atoms with van der Waals surface area (Å²) in [5.41, 5.74) is 1.21. The molecule has 96 valence electrons. The number of hydrogen-bond acceptors (Lipinski definition) is 5. The summed E-state index contributed by atoms with van der Waals surface area (Å²) in [5, 5.41) is 4.42. The molecule has 0 saturated heterocycles. The predicted molar refractivity (Wildman–Crippen MR) is 72.8 cm³/mol. The maximum atomic E-state index is 5.05. The van der Waals surface area contributed by atoms with E-state index in [4.69, 9.17) is 4.74 Å². The van der Waals surface area contributed by atoms with Crippen LogP contribution >= 0.6 is 11.8 Å². The number of hydrogen-bond donors (Lipinski definition) is 1. The molecule has 0 saturated carbocycles. The molecule has 0 radical (unpaired) electrons. The van der Waals surface area contributed by atoms with Gasteiger partial charge < -0.3 is 10.1 Å². The van der Waals surface area contributed by atoms with E-state index in [1.807, 2.05) is 0 Å². The van der Waals surface area contributed by atoms with Gasteiger partial charge in [-0.2, -0.15) is 0 Å². The molecule has 1 aromatic rings. The minimum Gasteiger partial charge on any atom is -0.384 e. The third kappa shape index (κ3) is 4.52. The molecule has 5 heteroatoms. The van der Waals surface area contributed by atoms with Gasteiger partial charge in [-0.25, -0.2) is 9.97 Å². The highest BCUT2D eigenvalue weighted by molar-refractivity contribution is 7.99. The van der Waals surface area contributed by atoms with Crippen LogP contribution in [0.3, 0.4) is 0 Å². The Morgan fingerprint density at radius 2 is 2.18 bits per heavy atom. The van der Waals surface area contributed by atoms with Crippen LogP contribution in [0.2, 0.25) is 0 Å². The molecule has 0 unspecified atom stereocenters. The van der Waals surface area contributed by atoms with Gasteiger partial charge in [0.2, 0.25) is 0 Å². The second-order valence-corrected chi connectivity index (χ2v) is 4.71. The number of ether oxygens (including phenoxy) is 1. The maximum absolute atomic E-state index is 5.05. The lowest BCUT2D eigenvalue weighted by Gasteiger charge is -2.12. The van der Waals surface area contributed by atoms with Gasteiger partial charge in [0.25, 0.3) is 0 Å². The Bertz CT molecular complexity index is 334. The van der Waals surface area contributed by atoms with E-state index in [-0.39, 0.29) is 0 Å². The topological polar surface area (TPSA) is 47.0 Å². The first-order valence-electron chi connectivity index (χ1n) is 6.02. The minimum absolute atomic E-state index is 0.746.